The van der Waals surface area contributed by atoms with Gasteiger partial charge in [0.05, 0.1) is 22.8 Å². The van der Waals surface area contributed by atoms with E-state index in [-0.39, 0.29) is 16.6 Å². The van der Waals surface area contributed by atoms with Gasteiger partial charge in [0.15, 0.2) is 0 Å². The van der Waals surface area contributed by atoms with Crippen molar-refractivity contribution in [2.24, 2.45) is 0 Å². The van der Waals surface area contributed by atoms with Crippen molar-refractivity contribution in [3.63, 3.8) is 0 Å². The quantitative estimate of drug-likeness (QED) is 0.246. The molecule has 3 aliphatic rings. The fourth-order valence-corrected chi connectivity index (χ4v) is 7.21. The minimum absolute atomic E-state index is 0.0286. The summed E-state index contributed by atoms with van der Waals surface area (Å²) in [6.07, 6.45) is 6.13. The molecule has 0 unspecified atom stereocenters. The van der Waals surface area contributed by atoms with Gasteiger partial charge in [-0.1, -0.05) is 79.9 Å². The Morgan fingerprint density at radius 3 is 1.83 bits per heavy atom. The Hall–Kier alpha value is -3.65. The Balaban J connectivity index is 1.33. The zero-order chi connectivity index (χ0) is 28.4. The molecule has 0 aromatic heterocycles. The molecule has 7 rings (SSSR count). The van der Waals surface area contributed by atoms with E-state index in [1.54, 1.807) is 0 Å². The van der Waals surface area contributed by atoms with E-state index in [2.05, 4.69) is 107 Å². The smallest absolute Gasteiger partial charge is 0.399 e. The van der Waals surface area contributed by atoms with Crippen LogP contribution in [0.4, 0.5) is 0 Å². The van der Waals surface area contributed by atoms with Crippen molar-refractivity contribution >= 4 is 12.6 Å². The molecule has 2 fully saturated rings. The van der Waals surface area contributed by atoms with Crippen molar-refractivity contribution in [1.82, 2.24) is 0 Å². The van der Waals surface area contributed by atoms with E-state index < -0.39 is 7.12 Å². The predicted octanol–water partition coefficient (Wildman–Crippen LogP) is 8.42. The third kappa shape index (κ3) is 4.10. The summed E-state index contributed by atoms with van der Waals surface area (Å²) in [5.74, 6) is 0. The Morgan fingerprint density at radius 1 is 0.634 bits per heavy atom. The summed E-state index contributed by atoms with van der Waals surface area (Å²) in [5.41, 5.74) is 11.5. The first-order valence-corrected chi connectivity index (χ1v) is 15.0. The Morgan fingerprint density at radius 2 is 1.20 bits per heavy atom. The molecule has 41 heavy (non-hydrogen) atoms. The van der Waals surface area contributed by atoms with E-state index in [0.29, 0.717) is 5.56 Å². The zero-order valence-electron chi connectivity index (χ0n) is 24.5. The van der Waals surface area contributed by atoms with Crippen LogP contribution in [-0.2, 0) is 14.7 Å². The average molecular weight is 538 g/mol. The van der Waals surface area contributed by atoms with Gasteiger partial charge in [0.1, 0.15) is 0 Å². The summed E-state index contributed by atoms with van der Waals surface area (Å²) in [5, 5.41) is 9.26. The Labute approximate surface area is 244 Å². The second kappa shape index (κ2) is 9.45. The lowest BCUT2D eigenvalue weighted by Crippen LogP contribution is -2.41. The van der Waals surface area contributed by atoms with Gasteiger partial charge in [-0.25, -0.2) is 0 Å². The molecular formula is C37H36BNO2. The molecule has 1 spiro atoms. The molecule has 2 aliphatic carbocycles. The first kappa shape index (κ1) is 26.3. The van der Waals surface area contributed by atoms with Gasteiger partial charge in [0.25, 0.3) is 0 Å². The molecule has 204 valence electrons. The molecule has 4 heteroatoms. The molecular weight excluding hydrogens is 501 g/mol. The van der Waals surface area contributed by atoms with E-state index in [1.165, 1.54) is 71.0 Å². The lowest BCUT2D eigenvalue weighted by Gasteiger charge is -2.36. The van der Waals surface area contributed by atoms with Crippen LogP contribution in [0.1, 0.15) is 76.5 Å². The topological polar surface area (TPSA) is 42.2 Å². The Kier molecular flexibility index (Phi) is 6.05. The Bertz CT molecular complexity index is 1670. The van der Waals surface area contributed by atoms with Gasteiger partial charge in [0, 0.05) is 5.41 Å². The molecule has 4 aromatic carbocycles. The third-order valence-corrected chi connectivity index (χ3v) is 10.2. The van der Waals surface area contributed by atoms with Gasteiger partial charge in [-0.15, -0.1) is 0 Å². The highest BCUT2D eigenvalue weighted by atomic mass is 16.7. The van der Waals surface area contributed by atoms with Crippen LogP contribution >= 0.6 is 0 Å². The molecule has 4 aromatic rings. The lowest BCUT2D eigenvalue weighted by atomic mass is 9.67. The summed E-state index contributed by atoms with van der Waals surface area (Å²) >= 11 is 0. The van der Waals surface area contributed by atoms with Crippen molar-refractivity contribution in [2.75, 3.05) is 0 Å². The van der Waals surface area contributed by atoms with Crippen LogP contribution in [0.2, 0.25) is 0 Å². The summed E-state index contributed by atoms with van der Waals surface area (Å²) in [6, 6.07) is 32.9. The number of benzene rings is 4. The molecule has 0 bridgehead atoms. The van der Waals surface area contributed by atoms with Gasteiger partial charge >= 0.3 is 7.12 Å². The van der Waals surface area contributed by atoms with E-state index in [0.717, 1.165) is 11.0 Å². The molecule has 0 radical (unpaired) electrons. The van der Waals surface area contributed by atoms with Gasteiger partial charge in [-0.2, -0.15) is 5.26 Å². The van der Waals surface area contributed by atoms with Crippen molar-refractivity contribution in [1.29, 1.82) is 5.26 Å². The molecule has 0 atom stereocenters. The first-order chi connectivity index (χ1) is 19.7. The predicted molar refractivity (Wildman–Crippen MR) is 167 cm³/mol. The first-order valence-electron chi connectivity index (χ1n) is 15.0. The molecule has 1 saturated heterocycles. The maximum absolute atomic E-state index is 9.26. The van der Waals surface area contributed by atoms with Crippen molar-refractivity contribution in [3.05, 3.63) is 102 Å². The van der Waals surface area contributed by atoms with Crippen LogP contribution in [0, 0.1) is 11.3 Å². The largest absolute Gasteiger partial charge is 0.495 e. The minimum atomic E-state index is -0.403. The maximum Gasteiger partial charge on any atom is 0.495 e. The highest BCUT2D eigenvalue weighted by Gasteiger charge is 2.52. The number of rotatable bonds is 3. The standard InChI is InChI=1S/C37H36BNO2/c1-35(2)36(3,4)41-38(40-35)34-11-7-6-10-29(34)28-17-19-31-30-18-16-27(26-14-12-25(24-39)13-15-26)22-32(30)37(33(31)23-28)20-8-5-9-21-37/h6-7,10-19,22-23H,5,8-9,20-21H2,1-4H3. The lowest BCUT2D eigenvalue weighted by molar-refractivity contribution is 0.00578. The van der Waals surface area contributed by atoms with Crippen LogP contribution in [0.15, 0.2) is 84.9 Å². The fraction of sp³-hybridized carbons (Fsp3) is 0.324. The van der Waals surface area contributed by atoms with Crippen LogP contribution in [0.5, 0.6) is 0 Å². The highest BCUT2D eigenvalue weighted by molar-refractivity contribution is 6.63. The average Bonchev–Trinajstić information content (AvgIpc) is 3.38. The number of nitrogens with zero attached hydrogens (tertiary/aromatic N) is 1. The second-order valence-corrected chi connectivity index (χ2v) is 13.0. The van der Waals surface area contributed by atoms with Crippen LogP contribution < -0.4 is 5.46 Å². The molecule has 1 aliphatic heterocycles. The van der Waals surface area contributed by atoms with Crippen LogP contribution in [0.3, 0.4) is 0 Å². The molecule has 0 N–H and O–H groups in total. The monoisotopic (exact) mass is 537 g/mol. The van der Waals surface area contributed by atoms with Crippen molar-refractivity contribution in [2.45, 2.75) is 76.4 Å². The molecule has 3 nitrogen and oxygen atoms in total. The summed E-state index contributed by atoms with van der Waals surface area (Å²) in [4.78, 5) is 0. The van der Waals surface area contributed by atoms with Crippen molar-refractivity contribution < 1.29 is 9.31 Å². The highest BCUT2D eigenvalue weighted by Crippen LogP contribution is 2.57. The maximum atomic E-state index is 9.26. The summed E-state index contributed by atoms with van der Waals surface area (Å²) < 4.78 is 13.0. The van der Waals surface area contributed by atoms with Crippen LogP contribution in [-0.4, -0.2) is 18.3 Å². The van der Waals surface area contributed by atoms with E-state index in [4.69, 9.17) is 9.31 Å². The summed E-state index contributed by atoms with van der Waals surface area (Å²) in [6.45, 7) is 8.45. The molecule has 0 amide bonds. The van der Waals surface area contributed by atoms with Gasteiger partial charge < -0.3 is 9.31 Å². The minimum Gasteiger partial charge on any atom is -0.399 e. The normalized spacial score (nSPS) is 19.5. The van der Waals surface area contributed by atoms with E-state index in [1.807, 2.05) is 12.1 Å². The number of hydrogen-bond donors (Lipinski definition) is 0. The third-order valence-electron chi connectivity index (χ3n) is 10.2. The van der Waals surface area contributed by atoms with E-state index >= 15 is 0 Å². The van der Waals surface area contributed by atoms with Gasteiger partial charge in [0.2, 0.25) is 0 Å². The van der Waals surface area contributed by atoms with E-state index in [9.17, 15) is 5.26 Å². The fourth-order valence-electron chi connectivity index (χ4n) is 7.21. The number of hydrogen-bond acceptors (Lipinski definition) is 3. The second-order valence-electron chi connectivity index (χ2n) is 13.0. The van der Waals surface area contributed by atoms with Crippen LogP contribution in [0.25, 0.3) is 33.4 Å². The number of nitriles is 1. The van der Waals surface area contributed by atoms with Gasteiger partial charge in [-0.05, 0) is 115 Å². The SMILES string of the molecule is CC1(C)OB(c2ccccc2-c2ccc3c(c2)C2(CCCCC2)c2cc(-c4ccc(C#N)cc4)ccc2-3)OC1(C)C. The van der Waals surface area contributed by atoms with Gasteiger partial charge in [-0.3, -0.25) is 0 Å². The zero-order valence-corrected chi connectivity index (χ0v) is 24.5. The number of fused-ring (bicyclic) bond motifs is 5. The van der Waals surface area contributed by atoms with Crippen molar-refractivity contribution in [3.8, 4) is 39.4 Å². The molecule has 1 heterocycles. The molecule has 1 saturated carbocycles. The summed E-state index contributed by atoms with van der Waals surface area (Å²) in [7, 11) is -0.403.